The number of aromatic nitrogens is 4. The predicted octanol–water partition coefficient (Wildman–Crippen LogP) is 29.5. The van der Waals surface area contributed by atoms with Crippen molar-refractivity contribution in [2.24, 2.45) is 40.0 Å². The highest BCUT2D eigenvalue weighted by Gasteiger charge is 2.29. The maximum absolute atomic E-state index is 13.4. The van der Waals surface area contributed by atoms with Crippen LogP contribution in [-0.4, -0.2) is 0 Å². The van der Waals surface area contributed by atoms with Crippen molar-refractivity contribution in [2.45, 2.75) is 98.2 Å². The van der Waals surface area contributed by atoms with Crippen molar-refractivity contribution in [3.63, 3.8) is 0 Å². The van der Waals surface area contributed by atoms with Crippen molar-refractivity contribution in [3.8, 4) is 67.3 Å². The first-order valence-electron chi connectivity index (χ1n) is 46.3. The Morgan fingerprint density at radius 3 is 0.857 bits per heavy atom. The Balaban J connectivity index is 0.000000105. The van der Waals surface area contributed by atoms with Crippen LogP contribution in [0.25, 0.3) is 198 Å². The number of nitrogens with zero attached hydrogens (tertiary/aromatic N) is 4. The van der Waals surface area contributed by atoms with E-state index in [1.165, 1.54) is 78.3 Å². The van der Waals surface area contributed by atoms with Gasteiger partial charge in [-0.05, 0) is 212 Å². The molecule has 9 heteroatoms. The Labute approximate surface area is 738 Å². The van der Waals surface area contributed by atoms with Gasteiger partial charge in [0.25, 0.3) is 0 Å². The molecule has 22 aromatic rings. The second-order valence-electron chi connectivity index (χ2n) is 34.9. The SMILES string of the molecule is Cc1ccc2c(oc3cc4ccccc4cc32)c1-c1cc(-c2ccc(F)cc2)cc[n+]1C.Cc1ccc2c(oc3cc4ccccc4cc32)c1-c1cc(-c2ccccc2)cc[n+]1C.[2H]C([2H])(c1cc[n+](C)c(-c2c(C)ccc3c2oc2cc4ccccc4cc23)c1)C1CCCC1.[2H]C([2H])(c1cc[n+](C)c(-c2c(C)ccc3c2oc2cc4ccccc4cc23)c1)C1CCCCC1. The normalized spacial score (nSPS) is 14.0. The van der Waals surface area contributed by atoms with E-state index < -0.39 is 12.7 Å². The molecule has 0 saturated heterocycles. The number of hydrogen-bond acceptors (Lipinski definition) is 4. The predicted molar refractivity (Wildman–Crippen MR) is 517 cm³/mol. The summed E-state index contributed by atoms with van der Waals surface area (Å²) in [6.07, 6.45) is 15.1. The molecule has 14 aromatic carbocycles. The van der Waals surface area contributed by atoms with Gasteiger partial charge in [0, 0.05) is 97.1 Å². The molecule has 616 valence electrons. The molecule has 0 bridgehead atoms. The molecule has 0 aliphatic heterocycles. The Bertz CT molecular complexity index is 8240. The molecule has 126 heavy (non-hydrogen) atoms. The van der Waals surface area contributed by atoms with E-state index in [0.717, 1.165) is 223 Å². The van der Waals surface area contributed by atoms with E-state index in [9.17, 15) is 4.39 Å². The van der Waals surface area contributed by atoms with Gasteiger partial charge in [0.1, 0.15) is 78.7 Å². The fourth-order valence-electron chi connectivity index (χ4n) is 19.6. The summed E-state index contributed by atoms with van der Waals surface area (Å²) in [5.74, 6) is -0.0587. The Morgan fingerprint density at radius 1 is 0.270 bits per heavy atom. The molecule has 2 fully saturated rings. The van der Waals surface area contributed by atoms with Gasteiger partial charge in [0.05, 0.1) is 22.3 Å². The number of benzene rings is 14. The van der Waals surface area contributed by atoms with E-state index in [-0.39, 0.29) is 17.7 Å². The van der Waals surface area contributed by atoms with Crippen molar-refractivity contribution in [2.75, 3.05) is 0 Å². The summed E-state index contributed by atoms with van der Waals surface area (Å²) in [5, 5.41) is 18.5. The van der Waals surface area contributed by atoms with Gasteiger partial charge in [-0.1, -0.05) is 246 Å². The lowest BCUT2D eigenvalue weighted by molar-refractivity contribution is -0.660. The highest BCUT2D eigenvalue weighted by Crippen LogP contribution is 2.46. The fourth-order valence-corrected chi connectivity index (χ4v) is 19.6. The molecule has 0 atom stereocenters. The standard InChI is InChI=1S/C30H30NO.C29H21FNO.C29H28NO.C29H22NO/c1-20-12-13-25-26-18-23-10-6-7-11-24(23)19-28(26)32-30(25)29(20)27-17-22(14-15-31(27)2)16-21-8-4-3-5-9-21;1-18-7-12-24-25-15-20-5-3-4-6-21(20)17-27(25)32-29(24)28(18)26-16-22(13-14-31(26)2)19-8-10-23(30)11-9-19;1-19-11-12-24-25-17-22-9-5-6-10-23(22)18-27(25)31-29(24)28(19)26-16-21(13-14-30(26)2)15-20-7-3-4-8-20;1-19-12-13-24-25-16-21-10-6-7-11-22(21)18-27(25)31-29(24)28(19)26-17-23(14-15-30(26)2)20-8-4-3-5-9-20/h6-7,10-15,17-19,21H,3-5,8-9,16H2,1-2H3;3-17H,1-2H3;5-6,9-14,16-18,20H,3-4,7-8,15H2,1-2H3;3-18H,1-2H3/q4*+1/i16D2;;15D2;. The van der Waals surface area contributed by atoms with Gasteiger partial charge in [-0.2, -0.15) is 0 Å². The van der Waals surface area contributed by atoms with Gasteiger partial charge < -0.3 is 17.7 Å². The van der Waals surface area contributed by atoms with E-state index in [1.807, 2.05) is 76.1 Å². The van der Waals surface area contributed by atoms with Crippen molar-refractivity contribution in [3.05, 3.63) is 361 Å². The van der Waals surface area contributed by atoms with Gasteiger partial charge in [-0.25, -0.2) is 22.7 Å². The Hall–Kier alpha value is -14.2. The molecule has 2 saturated carbocycles. The van der Waals surface area contributed by atoms with Crippen LogP contribution < -0.4 is 18.3 Å². The highest BCUT2D eigenvalue weighted by atomic mass is 19.1. The molecular weight excluding hydrogens is 1540 g/mol. The van der Waals surface area contributed by atoms with Crippen LogP contribution >= 0.6 is 0 Å². The molecule has 0 spiro atoms. The van der Waals surface area contributed by atoms with Crippen LogP contribution in [0.1, 0.15) is 96.7 Å². The third-order valence-electron chi connectivity index (χ3n) is 26.5. The minimum atomic E-state index is -1.34. The molecular formula is C117H101FN4O4+4. The first kappa shape index (κ1) is 74.5. The summed E-state index contributed by atoms with van der Waals surface area (Å²) in [6.45, 7) is 8.49. The van der Waals surface area contributed by atoms with Crippen molar-refractivity contribution < 1.29 is 45.8 Å². The maximum atomic E-state index is 13.4. The van der Waals surface area contributed by atoms with Crippen LogP contribution in [0.15, 0.2) is 340 Å². The molecule has 0 radical (unpaired) electrons. The Morgan fingerprint density at radius 2 is 0.540 bits per heavy atom. The average molecular weight is 1650 g/mol. The molecule has 8 nitrogen and oxygen atoms in total. The van der Waals surface area contributed by atoms with Crippen LogP contribution in [0.4, 0.5) is 4.39 Å². The van der Waals surface area contributed by atoms with Crippen molar-refractivity contribution in [1.29, 1.82) is 0 Å². The fraction of sp³-hybridized carbons (Fsp3) is 0.179. The number of hydrogen-bond donors (Lipinski definition) is 0. The molecule has 0 unspecified atom stereocenters. The highest BCUT2D eigenvalue weighted by molar-refractivity contribution is 6.17. The van der Waals surface area contributed by atoms with Crippen LogP contribution in [0, 0.1) is 45.3 Å². The maximum Gasteiger partial charge on any atom is 0.216 e. The second-order valence-corrected chi connectivity index (χ2v) is 34.9. The third-order valence-corrected chi connectivity index (χ3v) is 26.5. The molecule has 2 aliphatic carbocycles. The van der Waals surface area contributed by atoms with E-state index in [4.69, 9.17) is 23.2 Å². The van der Waals surface area contributed by atoms with Crippen LogP contribution in [0.5, 0.6) is 0 Å². The minimum absolute atomic E-state index is 0.0809. The zero-order valence-electron chi connectivity index (χ0n) is 76.4. The summed E-state index contributed by atoms with van der Waals surface area (Å²) in [4.78, 5) is 0. The molecule has 2 aliphatic rings. The lowest BCUT2D eigenvalue weighted by atomic mass is 9.85. The second kappa shape index (κ2) is 33.2. The van der Waals surface area contributed by atoms with E-state index in [2.05, 4.69) is 308 Å². The number of aryl methyl sites for hydroxylation is 8. The minimum Gasteiger partial charge on any atom is -0.455 e. The van der Waals surface area contributed by atoms with E-state index >= 15 is 0 Å². The van der Waals surface area contributed by atoms with E-state index in [0.29, 0.717) is 0 Å². The molecule has 0 amide bonds. The summed E-state index contributed by atoms with van der Waals surface area (Å²) in [6, 6.07) is 102. The number of fused-ring (bicyclic) bond motifs is 16. The summed E-state index contributed by atoms with van der Waals surface area (Å²) < 4.78 is 83.8. The first-order valence-corrected chi connectivity index (χ1v) is 44.3. The summed E-state index contributed by atoms with van der Waals surface area (Å²) >= 11 is 0. The molecule has 24 rings (SSSR count). The van der Waals surface area contributed by atoms with E-state index in [1.54, 1.807) is 0 Å². The van der Waals surface area contributed by atoms with Gasteiger partial charge in [-0.15, -0.1) is 0 Å². The van der Waals surface area contributed by atoms with Crippen LogP contribution in [-0.2, 0) is 40.9 Å². The molecule has 8 aromatic heterocycles. The van der Waals surface area contributed by atoms with Gasteiger partial charge in [0.15, 0.2) is 24.8 Å². The van der Waals surface area contributed by atoms with Crippen LogP contribution in [0.2, 0.25) is 0 Å². The zero-order valence-corrected chi connectivity index (χ0v) is 72.4. The summed E-state index contributed by atoms with van der Waals surface area (Å²) in [7, 11) is 8.20. The third kappa shape index (κ3) is 15.0. The van der Waals surface area contributed by atoms with Crippen molar-refractivity contribution in [1.82, 2.24) is 0 Å². The van der Waals surface area contributed by atoms with Gasteiger partial charge >= 0.3 is 0 Å². The molecule has 8 heterocycles. The monoisotopic (exact) mass is 1650 g/mol. The number of pyridine rings is 4. The quantitative estimate of drug-likeness (QED) is 0.128. The van der Waals surface area contributed by atoms with Gasteiger partial charge in [-0.3, -0.25) is 0 Å². The smallest absolute Gasteiger partial charge is 0.216 e. The van der Waals surface area contributed by atoms with Crippen molar-refractivity contribution >= 4 is 131 Å². The number of furan rings is 4. The number of rotatable bonds is 10. The van der Waals surface area contributed by atoms with Gasteiger partial charge in [0.2, 0.25) is 22.8 Å². The Kier molecular flexibility index (Phi) is 19.6. The number of halogens is 1. The summed E-state index contributed by atoms with van der Waals surface area (Å²) in [5.41, 5.74) is 26.2. The zero-order chi connectivity index (χ0) is 89.0. The van der Waals surface area contributed by atoms with Crippen LogP contribution in [0.3, 0.4) is 0 Å². The lowest BCUT2D eigenvalue weighted by Crippen LogP contribution is -2.31. The molecule has 0 N–H and O–H groups in total. The lowest BCUT2D eigenvalue weighted by Gasteiger charge is -2.21. The average Bonchev–Trinajstić information content (AvgIpc) is 1.57. The largest absolute Gasteiger partial charge is 0.455 e. The first-order chi connectivity index (χ1) is 63.1. The topological polar surface area (TPSA) is 68.1 Å².